The maximum absolute atomic E-state index is 12.4. The van der Waals surface area contributed by atoms with Crippen molar-refractivity contribution in [3.05, 3.63) is 46.6 Å². The fourth-order valence-electron chi connectivity index (χ4n) is 2.90. The molecule has 1 aromatic heterocycles. The zero-order valence-corrected chi connectivity index (χ0v) is 14.6. The Kier molecular flexibility index (Phi) is 4.78. The van der Waals surface area contributed by atoms with E-state index in [2.05, 4.69) is 20.9 Å². The summed E-state index contributed by atoms with van der Waals surface area (Å²) < 4.78 is 0.989. The minimum Gasteiger partial charge on any atom is -0.393 e. The van der Waals surface area contributed by atoms with Gasteiger partial charge < -0.3 is 10.0 Å². The Labute approximate surface area is 144 Å². The molecule has 1 aliphatic rings. The molecular weight excluding hydrogens is 356 g/mol. The monoisotopic (exact) mass is 374 g/mol. The number of halogens is 1. The second-order valence-electron chi connectivity index (χ2n) is 5.90. The minimum atomic E-state index is -0.273. The van der Waals surface area contributed by atoms with Crippen LogP contribution in [0.3, 0.4) is 0 Å². The molecule has 0 radical (unpaired) electrons. The molecule has 3 rings (SSSR count). The van der Waals surface area contributed by atoms with Gasteiger partial charge in [0.25, 0.3) is 0 Å². The number of piperidine rings is 1. The highest BCUT2D eigenvalue weighted by molar-refractivity contribution is 9.10. The third-order valence-corrected chi connectivity index (χ3v) is 4.74. The number of allylic oxidation sites excluding steroid dienone is 1. The Hall–Kier alpha value is -1.72. The lowest BCUT2D eigenvalue weighted by Gasteiger charge is -2.28. The molecule has 1 aromatic carbocycles. The van der Waals surface area contributed by atoms with Gasteiger partial charge in [-0.2, -0.15) is 0 Å². The molecule has 0 bridgehead atoms. The molecule has 0 unspecified atom stereocenters. The highest BCUT2D eigenvalue weighted by Gasteiger charge is 2.20. The van der Waals surface area contributed by atoms with E-state index in [9.17, 15) is 9.90 Å². The maximum Gasteiger partial charge on any atom is 0.246 e. The molecule has 5 heteroatoms. The number of hydrogen-bond donors (Lipinski definition) is 1. The average molecular weight is 375 g/mol. The van der Waals surface area contributed by atoms with Crippen LogP contribution in [0, 0.1) is 0 Å². The number of carbonyl (C=O) groups is 1. The van der Waals surface area contributed by atoms with E-state index in [-0.39, 0.29) is 12.0 Å². The summed E-state index contributed by atoms with van der Waals surface area (Å²) in [6.07, 6.45) is 4.50. The highest BCUT2D eigenvalue weighted by Crippen LogP contribution is 2.26. The van der Waals surface area contributed by atoms with E-state index in [1.165, 1.54) is 0 Å². The van der Waals surface area contributed by atoms with Gasteiger partial charge in [0.15, 0.2) is 0 Å². The molecule has 23 heavy (non-hydrogen) atoms. The van der Waals surface area contributed by atoms with E-state index >= 15 is 0 Å². The van der Waals surface area contributed by atoms with Crippen LogP contribution in [-0.2, 0) is 4.79 Å². The standard InChI is InChI=1S/C18H19BrN2O2/c1-12(10-18(23)21-8-5-14(22)6-9-21)15-4-7-20-17-3-2-13(19)11-16(15)17/h2-4,7,10-11,14,22H,5-6,8-9H2,1H3/b12-10+. The molecule has 0 atom stereocenters. The second-order valence-corrected chi connectivity index (χ2v) is 6.82. The van der Waals surface area contributed by atoms with E-state index in [4.69, 9.17) is 0 Å². The third kappa shape index (κ3) is 3.62. The van der Waals surface area contributed by atoms with Crippen molar-refractivity contribution in [2.75, 3.05) is 13.1 Å². The van der Waals surface area contributed by atoms with Gasteiger partial charge in [0, 0.05) is 35.2 Å². The Morgan fingerprint density at radius 1 is 1.35 bits per heavy atom. The van der Waals surface area contributed by atoms with Gasteiger partial charge in [-0.15, -0.1) is 0 Å². The minimum absolute atomic E-state index is 0.00867. The van der Waals surface area contributed by atoms with Gasteiger partial charge in [0.2, 0.25) is 5.91 Å². The van der Waals surface area contributed by atoms with Crippen molar-refractivity contribution in [3.63, 3.8) is 0 Å². The van der Waals surface area contributed by atoms with E-state index in [0.717, 1.165) is 26.5 Å². The number of pyridine rings is 1. The van der Waals surface area contributed by atoms with Crippen LogP contribution in [0.2, 0.25) is 0 Å². The van der Waals surface area contributed by atoms with Crippen molar-refractivity contribution in [1.82, 2.24) is 9.88 Å². The summed E-state index contributed by atoms with van der Waals surface area (Å²) in [5.74, 6) is 0.00867. The topological polar surface area (TPSA) is 53.4 Å². The Balaban J connectivity index is 1.89. The van der Waals surface area contributed by atoms with Crippen molar-refractivity contribution in [2.45, 2.75) is 25.9 Å². The van der Waals surface area contributed by atoms with Gasteiger partial charge in [-0.05, 0) is 55.2 Å². The molecule has 120 valence electrons. The first-order valence-electron chi connectivity index (χ1n) is 7.74. The molecule has 1 saturated heterocycles. The Bertz CT molecular complexity index is 765. The van der Waals surface area contributed by atoms with Gasteiger partial charge in [0.1, 0.15) is 0 Å². The maximum atomic E-state index is 12.4. The van der Waals surface area contributed by atoms with E-state index in [1.54, 1.807) is 17.2 Å². The second kappa shape index (κ2) is 6.81. The van der Waals surface area contributed by atoms with Crippen LogP contribution in [0.5, 0.6) is 0 Å². The van der Waals surface area contributed by atoms with Crippen LogP contribution < -0.4 is 0 Å². The molecule has 4 nitrogen and oxygen atoms in total. The molecule has 2 heterocycles. The number of rotatable bonds is 2. The number of nitrogens with zero attached hydrogens (tertiary/aromatic N) is 2. The number of benzene rings is 1. The summed E-state index contributed by atoms with van der Waals surface area (Å²) in [7, 11) is 0. The van der Waals surface area contributed by atoms with Crippen LogP contribution >= 0.6 is 15.9 Å². The SMILES string of the molecule is C/C(=C\C(=O)N1CCC(O)CC1)c1ccnc2ccc(Br)cc12. The molecular formula is C18H19BrN2O2. The predicted molar refractivity (Wildman–Crippen MR) is 94.9 cm³/mol. The molecule has 0 spiro atoms. The van der Waals surface area contributed by atoms with Crippen molar-refractivity contribution >= 4 is 38.3 Å². The number of aliphatic hydroxyl groups excluding tert-OH is 1. The first kappa shape index (κ1) is 16.1. The van der Waals surface area contributed by atoms with E-state index in [0.29, 0.717) is 25.9 Å². The lowest BCUT2D eigenvalue weighted by molar-refractivity contribution is -0.127. The van der Waals surface area contributed by atoms with Crippen molar-refractivity contribution in [2.24, 2.45) is 0 Å². The fraction of sp³-hybridized carbons (Fsp3) is 0.333. The van der Waals surface area contributed by atoms with Crippen LogP contribution in [0.1, 0.15) is 25.3 Å². The number of hydrogen-bond acceptors (Lipinski definition) is 3. The first-order chi connectivity index (χ1) is 11.0. The summed E-state index contributed by atoms with van der Waals surface area (Å²) in [6.45, 7) is 3.19. The van der Waals surface area contributed by atoms with Crippen LogP contribution in [0.25, 0.3) is 16.5 Å². The van der Waals surface area contributed by atoms with Crippen LogP contribution in [-0.4, -0.2) is 40.1 Å². The van der Waals surface area contributed by atoms with E-state index < -0.39 is 0 Å². The molecule has 1 fully saturated rings. The number of aromatic nitrogens is 1. The smallest absolute Gasteiger partial charge is 0.246 e. The van der Waals surface area contributed by atoms with Gasteiger partial charge in [-0.3, -0.25) is 9.78 Å². The number of likely N-dealkylation sites (tertiary alicyclic amines) is 1. The first-order valence-corrected chi connectivity index (χ1v) is 8.54. The predicted octanol–water partition coefficient (Wildman–Crippen LogP) is 3.38. The van der Waals surface area contributed by atoms with Gasteiger partial charge in [0.05, 0.1) is 11.6 Å². The number of aliphatic hydroxyl groups is 1. The van der Waals surface area contributed by atoms with Crippen LogP contribution in [0.4, 0.5) is 0 Å². The number of carbonyl (C=O) groups excluding carboxylic acids is 1. The lowest BCUT2D eigenvalue weighted by Crippen LogP contribution is -2.39. The lowest BCUT2D eigenvalue weighted by atomic mass is 10.0. The fourth-order valence-corrected chi connectivity index (χ4v) is 3.26. The van der Waals surface area contributed by atoms with Crippen molar-refractivity contribution in [3.8, 4) is 0 Å². The van der Waals surface area contributed by atoms with Crippen LogP contribution in [0.15, 0.2) is 41.0 Å². The van der Waals surface area contributed by atoms with Gasteiger partial charge in [-0.25, -0.2) is 0 Å². The summed E-state index contributed by atoms with van der Waals surface area (Å²) in [4.78, 5) is 18.6. The summed E-state index contributed by atoms with van der Waals surface area (Å²) in [6, 6.07) is 7.89. The molecule has 1 aliphatic heterocycles. The van der Waals surface area contributed by atoms with Crippen molar-refractivity contribution < 1.29 is 9.90 Å². The summed E-state index contributed by atoms with van der Waals surface area (Å²) in [5.41, 5.74) is 2.85. The van der Waals surface area contributed by atoms with Crippen molar-refractivity contribution in [1.29, 1.82) is 0 Å². The van der Waals surface area contributed by atoms with Gasteiger partial charge in [-0.1, -0.05) is 15.9 Å². The average Bonchev–Trinajstić information content (AvgIpc) is 2.54. The third-order valence-electron chi connectivity index (χ3n) is 4.24. The zero-order chi connectivity index (χ0) is 16.4. The van der Waals surface area contributed by atoms with Gasteiger partial charge >= 0.3 is 0 Å². The largest absolute Gasteiger partial charge is 0.393 e. The number of amides is 1. The molecule has 0 aliphatic carbocycles. The summed E-state index contributed by atoms with van der Waals surface area (Å²) in [5, 5.41) is 10.6. The molecule has 1 amide bonds. The normalized spacial score (nSPS) is 16.8. The molecule has 1 N–H and O–H groups in total. The Morgan fingerprint density at radius 2 is 2.09 bits per heavy atom. The quantitative estimate of drug-likeness (QED) is 0.819. The number of fused-ring (bicyclic) bond motifs is 1. The highest BCUT2D eigenvalue weighted by atomic mass is 79.9. The molecule has 2 aromatic rings. The summed E-state index contributed by atoms with van der Waals surface area (Å²) >= 11 is 3.49. The van der Waals surface area contributed by atoms with E-state index in [1.807, 2.05) is 31.2 Å². The molecule has 0 saturated carbocycles. The Morgan fingerprint density at radius 3 is 2.83 bits per heavy atom. The zero-order valence-electron chi connectivity index (χ0n) is 13.0.